The van der Waals surface area contributed by atoms with E-state index in [9.17, 15) is 85.6 Å². The van der Waals surface area contributed by atoms with Crippen molar-refractivity contribution in [3.63, 3.8) is 0 Å². The van der Waals surface area contributed by atoms with Gasteiger partial charge in [-0.25, -0.2) is 0 Å². The molecule has 0 aromatic heterocycles. The molecule has 0 aromatic rings. The predicted molar refractivity (Wildman–Crippen MR) is 251 cm³/mol. The second-order valence-electron chi connectivity index (χ2n) is 20.0. The summed E-state index contributed by atoms with van der Waals surface area (Å²) in [7, 11) is 1.20. The van der Waals surface area contributed by atoms with E-state index < -0.39 is 241 Å². The molecular weight excluding hydrogens is 1070 g/mol. The molecule has 0 radical (unpaired) electrons. The molecule has 0 aromatic carbocycles. The van der Waals surface area contributed by atoms with Gasteiger partial charge in [0, 0.05) is 34.8 Å². The first kappa shape index (κ1) is 65.0. The fraction of sp³-hybridized carbons (Fsp3) is 0.911. The largest absolute Gasteiger partial charge is 0.394 e. The summed E-state index contributed by atoms with van der Waals surface area (Å²) in [5, 5.41) is 152. The maximum atomic E-state index is 13.1. The Balaban J connectivity index is 1.34. The SMILES string of the molecule is CO[C@@H]1[C@H](OC[C@H]2O[C@@H](O)[C@H](NC(C)=O)[C@@H](O)[C@@H]2O[C@@H]2O[C@H](CO)[C@@H](O)[C@H](O[C@@H]3O[C@H](CO)[C@@H](O)[C@H](O[C@@H]4O[C@H](CO)[C@@H](O)[C@H](O[C@@H]5O[C@H](CO)[C@@H](O)[C@H](O)[C@H]5N)[C@H]4NC(C)=O)[C@H]3NC(C)=O)[C@H]2NC(C)=O)O[C@@H](C)[C@@H](O)[C@H]1O. The Bertz CT molecular complexity index is 1990. The summed E-state index contributed by atoms with van der Waals surface area (Å²) in [6.07, 6.45) is -42.8. The van der Waals surface area contributed by atoms with Crippen LogP contribution in [0.2, 0.25) is 0 Å². The number of nitrogens with two attached hydrogens (primary N) is 1. The summed E-state index contributed by atoms with van der Waals surface area (Å²) in [6.45, 7) is 1.13. The number of nitrogens with one attached hydrogen (secondary N) is 4. The molecule has 79 heavy (non-hydrogen) atoms. The zero-order chi connectivity index (χ0) is 58.5. The van der Waals surface area contributed by atoms with Crippen LogP contribution in [0, 0.1) is 0 Å². The first-order valence-electron chi connectivity index (χ1n) is 25.4. The van der Waals surface area contributed by atoms with E-state index in [4.69, 9.17) is 62.6 Å². The molecule has 0 unspecified atom stereocenters. The Kier molecular flexibility index (Phi) is 23.4. The molecule has 6 heterocycles. The van der Waals surface area contributed by atoms with Crippen molar-refractivity contribution in [1.82, 2.24) is 21.3 Å². The fourth-order valence-corrected chi connectivity index (χ4v) is 10.3. The van der Waals surface area contributed by atoms with Crippen molar-refractivity contribution in [2.45, 2.75) is 219 Å². The number of carbonyl (C=O) groups is 4. The minimum atomic E-state index is -2.00. The second kappa shape index (κ2) is 28.4. The number of aliphatic hydroxyl groups is 13. The lowest BCUT2D eigenvalue weighted by Gasteiger charge is -2.52. The molecule has 0 saturated carbocycles. The lowest BCUT2D eigenvalue weighted by atomic mass is 9.92. The van der Waals surface area contributed by atoms with Gasteiger partial charge in [0.2, 0.25) is 23.6 Å². The van der Waals surface area contributed by atoms with Gasteiger partial charge in [-0.1, -0.05) is 0 Å². The highest BCUT2D eigenvalue weighted by molar-refractivity contribution is 5.74. The zero-order valence-electron chi connectivity index (χ0n) is 43.8. The van der Waals surface area contributed by atoms with E-state index in [0.717, 1.165) is 27.7 Å². The number of hydrogen-bond donors (Lipinski definition) is 18. The molecule has 0 spiro atoms. The van der Waals surface area contributed by atoms with Crippen LogP contribution in [-0.4, -0.2) is 314 Å². The number of carbonyl (C=O) groups excluding carboxylic acids is 4. The predicted octanol–water partition coefficient (Wildman–Crippen LogP) is -11.9. The van der Waals surface area contributed by atoms with Gasteiger partial charge in [0.25, 0.3) is 0 Å². The van der Waals surface area contributed by atoms with Crippen molar-refractivity contribution in [2.24, 2.45) is 5.73 Å². The van der Waals surface area contributed by atoms with Crippen LogP contribution in [0.25, 0.3) is 0 Å². The van der Waals surface area contributed by atoms with E-state index in [-0.39, 0.29) is 0 Å². The minimum Gasteiger partial charge on any atom is -0.394 e. The molecule has 6 saturated heterocycles. The summed E-state index contributed by atoms with van der Waals surface area (Å²) in [6, 6.07) is -8.41. The van der Waals surface area contributed by atoms with E-state index in [1.165, 1.54) is 14.0 Å². The van der Waals surface area contributed by atoms with Crippen LogP contribution in [0.1, 0.15) is 34.6 Å². The van der Waals surface area contributed by atoms with Crippen molar-refractivity contribution in [1.29, 1.82) is 0 Å². The highest BCUT2D eigenvalue weighted by Crippen LogP contribution is 2.37. The molecule has 6 aliphatic rings. The van der Waals surface area contributed by atoms with Gasteiger partial charge in [-0.05, 0) is 6.92 Å². The second-order valence-corrected chi connectivity index (χ2v) is 20.0. The molecule has 0 bridgehead atoms. The summed E-state index contributed by atoms with van der Waals surface area (Å²) in [5.41, 5.74) is 6.13. The Hall–Kier alpha value is -3.16. The van der Waals surface area contributed by atoms with Gasteiger partial charge in [-0.3, -0.25) is 19.2 Å². The third-order valence-corrected chi connectivity index (χ3v) is 14.3. The van der Waals surface area contributed by atoms with Gasteiger partial charge in [0.05, 0.1) is 45.2 Å². The van der Waals surface area contributed by atoms with Gasteiger partial charge in [0.15, 0.2) is 37.7 Å². The number of rotatable bonds is 20. The highest BCUT2D eigenvalue weighted by atomic mass is 16.8. The van der Waals surface area contributed by atoms with Crippen molar-refractivity contribution in [2.75, 3.05) is 40.1 Å². The molecule has 34 nitrogen and oxygen atoms in total. The number of methoxy groups -OCH3 is 1. The molecule has 4 amide bonds. The van der Waals surface area contributed by atoms with Crippen molar-refractivity contribution in [3.05, 3.63) is 0 Å². The van der Waals surface area contributed by atoms with E-state index in [1.54, 1.807) is 0 Å². The summed E-state index contributed by atoms with van der Waals surface area (Å²) in [5.74, 6) is -3.24. The number of ether oxygens (including phenoxy) is 12. The molecule has 30 atom stereocenters. The van der Waals surface area contributed by atoms with Gasteiger partial charge >= 0.3 is 0 Å². The molecule has 6 fully saturated rings. The van der Waals surface area contributed by atoms with E-state index in [2.05, 4.69) is 21.3 Å². The summed E-state index contributed by atoms with van der Waals surface area (Å²) < 4.78 is 71.3. The maximum Gasteiger partial charge on any atom is 0.217 e. The van der Waals surface area contributed by atoms with Crippen LogP contribution in [0.5, 0.6) is 0 Å². The lowest BCUT2D eigenvalue weighted by Crippen LogP contribution is -2.73. The zero-order valence-corrected chi connectivity index (χ0v) is 43.8. The smallest absolute Gasteiger partial charge is 0.217 e. The van der Waals surface area contributed by atoms with Crippen LogP contribution < -0.4 is 27.0 Å². The third-order valence-electron chi connectivity index (χ3n) is 14.3. The standard InChI is InChI=1S/C45H77N5O29/c1-12-27(59)34(66)39(68-6)45(70-12)69-11-21-35(33(65)23(40(67)71-21)47-13(2)55)76-42-25(49-15(4)57)37(30(62)19(9-53)73-42)78-44-26(50-16(5)58)38(31(63)20(10-54)75-44)79-43-24(48-14(3)56)36(29(61)18(8-52)74-43)77-41-22(46)32(64)28(60)17(7-51)72-41/h12,17-45,51-54,59-67H,7-11,46H2,1-6H3,(H,47,55)(H,48,56)(H,49,57)(H,50,58)/t12-,17+,18+,19+,20+,21+,22+,23+,24+,25+,26+,27+,28+,29+,30+,31+,32+,33+,34+,35+,36+,37+,38+,39-,40+,41-,42-,43-,44-,45+/m0/s1. The summed E-state index contributed by atoms with van der Waals surface area (Å²) in [4.78, 5) is 51.3. The molecule has 456 valence electrons. The Morgan fingerprint density at radius 3 is 1.18 bits per heavy atom. The monoisotopic (exact) mass is 1150 g/mol. The topological polar surface area (TPSA) is 516 Å². The van der Waals surface area contributed by atoms with Crippen LogP contribution in [0.4, 0.5) is 0 Å². The minimum absolute atomic E-state index is 0.659. The lowest BCUT2D eigenvalue weighted by molar-refractivity contribution is -0.365. The third kappa shape index (κ3) is 14.8. The molecule has 0 aliphatic carbocycles. The van der Waals surface area contributed by atoms with Crippen LogP contribution in [-0.2, 0) is 76.0 Å². The quantitative estimate of drug-likeness (QED) is 0.0538. The van der Waals surface area contributed by atoms with Crippen LogP contribution in [0.3, 0.4) is 0 Å². The normalized spacial score (nSPS) is 46.7. The van der Waals surface area contributed by atoms with Gasteiger partial charge in [0.1, 0.15) is 134 Å². The average molecular weight is 1150 g/mol. The molecule has 19 N–H and O–H groups in total. The van der Waals surface area contributed by atoms with E-state index in [1.807, 2.05) is 0 Å². The Morgan fingerprint density at radius 2 is 0.785 bits per heavy atom. The summed E-state index contributed by atoms with van der Waals surface area (Å²) >= 11 is 0. The average Bonchev–Trinajstić information content (AvgIpc) is 3.44. The Morgan fingerprint density at radius 1 is 0.418 bits per heavy atom. The number of amides is 4. The molecular formula is C45H77N5O29. The molecule has 6 rings (SSSR count). The fourth-order valence-electron chi connectivity index (χ4n) is 10.3. The van der Waals surface area contributed by atoms with E-state index in [0.29, 0.717) is 0 Å². The highest BCUT2D eigenvalue weighted by Gasteiger charge is 2.58. The van der Waals surface area contributed by atoms with Gasteiger partial charge < -0.3 is 150 Å². The first-order valence-corrected chi connectivity index (χ1v) is 25.4. The number of aliphatic hydroxyl groups excluding tert-OH is 13. The first-order chi connectivity index (χ1) is 37.3. The molecule has 6 aliphatic heterocycles. The Labute approximate surface area is 451 Å². The van der Waals surface area contributed by atoms with Gasteiger partial charge in [-0.15, -0.1) is 0 Å². The maximum absolute atomic E-state index is 13.1. The van der Waals surface area contributed by atoms with Crippen molar-refractivity contribution < 1.29 is 142 Å². The van der Waals surface area contributed by atoms with Crippen LogP contribution in [0.15, 0.2) is 0 Å². The van der Waals surface area contributed by atoms with Crippen molar-refractivity contribution >= 4 is 23.6 Å². The van der Waals surface area contributed by atoms with E-state index >= 15 is 0 Å². The molecule has 34 heteroatoms. The van der Waals surface area contributed by atoms with Crippen LogP contribution >= 0.6 is 0 Å². The number of hydrogen-bond acceptors (Lipinski definition) is 30. The van der Waals surface area contributed by atoms with Crippen molar-refractivity contribution in [3.8, 4) is 0 Å². The van der Waals surface area contributed by atoms with Gasteiger partial charge in [-0.2, -0.15) is 0 Å².